The molecule has 0 spiro atoms. The van der Waals surface area contributed by atoms with Gasteiger partial charge in [-0.2, -0.15) is 18.2 Å². The standard InChI is InChI=1S/C21H21F3N6O3/c1-2-32-16-6-4-15(5-7-16)26-20(31)30-11-9-29(10-12-30)17-8-3-14(13-25-17)18-27-19(33-28-18)21(22,23)24/h3-8,13H,2,9-12H2,1H3,(H,26,31). The number of urea groups is 1. The predicted octanol–water partition coefficient (Wildman–Crippen LogP) is 3.90. The monoisotopic (exact) mass is 462 g/mol. The zero-order valence-corrected chi connectivity index (χ0v) is 17.7. The molecule has 0 unspecified atom stereocenters. The van der Waals surface area contributed by atoms with Crippen LogP contribution in [0.3, 0.4) is 0 Å². The van der Waals surface area contributed by atoms with Crippen LogP contribution in [-0.2, 0) is 6.18 Å². The van der Waals surface area contributed by atoms with Crippen molar-refractivity contribution in [1.29, 1.82) is 0 Å². The minimum atomic E-state index is -4.70. The number of ether oxygens (including phenoxy) is 1. The topological polar surface area (TPSA) is 96.6 Å². The van der Waals surface area contributed by atoms with E-state index in [-0.39, 0.29) is 11.9 Å². The number of hydrogen-bond acceptors (Lipinski definition) is 7. The summed E-state index contributed by atoms with van der Waals surface area (Å²) < 4.78 is 47.5. The van der Waals surface area contributed by atoms with Crippen molar-refractivity contribution >= 4 is 17.5 Å². The SMILES string of the molecule is CCOc1ccc(NC(=O)N2CCN(c3ccc(-c4noc(C(F)(F)F)n4)cn3)CC2)cc1. The van der Waals surface area contributed by atoms with Gasteiger partial charge in [-0.25, -0.2) is 9.78 Å². The van der Waals surface area contributed by atoms with E-state index >= 15 is 0 Å². The van der Waals surface area contributed by atoms with E-state index in [1.54, 1.807) is 41.3 Å². The Bertz CT molecular complexity index is 1080. The largest absolute Gasteiger partial charge is 0.494 e. The number of halogens is 3. The minimum absolute atomic E-state index is 0.183. The first-order valence-electron chi connectivity index (χ1n) is 10.2. The molecule has 2 amide bonds. The molecule has 3 heterocycles. The molecule has 2 aromatic heterocycles. The number of amides is 2. The molecule has 0 radical (unpaired) electrons. The van der Waals surface area contributed by atoms with Gasteiger partial charge in [-0.1, -0.05) is 5.16 Å². The van der Waals surface area contributed by atoms with Crippen LogP contribution in [0.1, 0.15) is 12.8 Å². The van der Waals surface area contributed by atoms with Crippen LogP contribution in [-0.4, -0.2) is 58.8 Å². The number of pyridine rings is 1. The van der Waals surface area contributed by atoms with Crippen molar-refractivity contribution in [3.05, 3.63) is 48.5 Å². The van der Waals surface area contributed by atoms with E-state index in [2.05, 4.69) is 25.0 Å². The molecule has 0 saturated carbocycles. The number of nitrogens with zero attached hydrogens (tertiary/aromatic N) is 5. The number of alkyl halides is 3. The number of anilines is 2. The van der Waals surface area contributed by atoms with Crippen LogP contribution in [0.15, 0.2) is 47.1 Å². The number of carbonyl (C=O) groups excluding carboxylic acids is 1. The highest BCUT2D eigenvalue weighted by Gasteiger charge is 2.38. The summed E-state index contributed by atoms with van der Waals surface area (Å²) in [5.74, 6) is -0.203. The van der Waals surface area contributed by atoms with Crippen LogP contribution in [0.2, 0.25) is 0 Å². The summed E-state index contributed by atoms with van der Waals surface area (Å²) in [5.41, 5.74) is 0.990. The summed E-state index contributed by atoms with van der Waals surface area (Å²) in [6.07, 6.45) is -3.30. The molecule has 4 rings (SSSR count). The van der Waals surface area contributed by atoms with Crippen LogP contribution in [0, 0.1) is 0 Å². The number of hydrogen-bond donors (Lipinski definition) is 1. The third kappa shape index (κ3) is 5.33. The number of rotatable bonds is 5. The number of aromatic nitrogens is 3. The lowest BCUT2D eigenvalue weighted by Crippen LogP contribution is -2.50. The molecule has 1 saturated heterocycles. The zero-order valence-electron chi connectivity index (χ0n) is 17.7. The third-order valence-electron chi connectivity index (χ3n) is 4.98. The molecule has 174 valence electrons. The van der Waals surface area contributed by atoms with Crippen molar-refractivity contribution in [2.75, 3.05) is 43.0 Å². The van der Waals surface area contributed by atoms with E-state index in [1.807, 2.05) is 11.8 Å². The summed E-state index contributed by atoms with van der Waals surface area (Å²) in [4.78, 5) is 23.9. The molecule has 9 nitrogen and oxygen atoms in total. The average Bonchev–Trinajstić information content (AvgIpc) is 3.32. The number of carbonyl (C=O) groups is 1. The molecular formula is C21H21F3N6O3. The highest BCUT2D eigenvalue weighted by molar-refractivity contribution is 5.89. The molecule has 0 atom stereocenters. The van der Waals surface area contributed by atoms with Crippen LogP contribution >= 0.6 is 0 Å². The predicted molar refractivity (Wildman–Crippen MR) is 113 cm³/mol. The Labute approximate surface area is 187 Å². The van der Waals surface area contributed by atoms with E-state index in [1.165, 1.54) is 6.20 Å². The Hall–Kier alpha value is -3.83. The number of piperazine rings is 1. The minimum Gasteiger partial charge on any atom is -0.494 e. The highest BCUT2D eigenvalue weighted by Crippen LogP contribution is 2.29. The smallest absolute Gasteiger partial charge is 0.471 e. The van der Waals surface area contributed by atoms with Gasteiger partial charge in [0.25, 0.3) is 0 Å². The van der Waals surface area contributed by atoms with Gasteiger partial charge in [0, 0.05) is 43.6 Å². The molecule has 0 bridgehead atoms. The molecule has 3 aromatic rings. The van der Waals surface area contributed by atoms with Gasteiger partial charge in [-0.3, -0.25) is 0 Å². The van der Waals surface area contributed by atoms with Gasteiger partial charge in [0.2, 0.25) is 5.82 Å². The van der Waals surface area contributed by atoms with E-state index in [9.17, 15) is 18.0 Å². The van der Waals surface area contributed by atoms with E-state index in [0.717, 1.165) is 5.75 Å². The Balaban J connectivity index is 1.31. The van der Waals surface area contributed by atoms with Gasteiger partial charge in [-0.05, 0) is 43.3 Å². The molecule has 1 fully saturated rings. The van der Waals surface area contributed by atoms with Crippen LogP contribution in [0.25, 0.3) is 11.4 Å². The maximum atomic E-state index is 12.6. The van der Waals surface area contributed by atoms with Crippen molar-refractivity contribution in [2.45, 2.75) is 13.1 Å². The second-order valence-corrected chi connectivity index (χ2v) is 7.19. The van der Waals surface area contributed by atoms with Crippen LogP contribution < -0.4 is 15.0 Å². The molecule has 12 heteroatoms. The van der Waals surface area contributed by atoms with E-state index in [0.29, 0.717) is 49.9 Å². The molecule has 1 N–H and O–H groups in total. The maximum absolute atomic E-state index is 12.6. The number of nitrogens with one attached hydrogen (secondary N) is 1. The summed E-state index contributed by atoms with van der Waals surface area (Å²) in [6.45, 7) is 4.58. The fourth-order valence-corrected chi connectivity index (χ4v) is 3.30. The van der Waals surface area contributed by atoms with Gasteiger partial charge < -0.3 is 24.4 Å². The Morgan fingerprint density at radius 1 is 1.12 bits per heavy atom. The van der Waals surface area contributed by atoms with Crippen molar-refractivity contribution in [2.24, 2.45) is 0 Å². The molecule has 1 aliphatic rings. The number of benzene rings is 1. The summed E-state index contributed by atoms with van der Waals surface area (Å²) >= 11 is 0. The van der Waals surface area contributed by atoms with Crippen LogP contribution in [0.4, 0.5) is 29.5 Å². The Morgan fingerprint density at radius 2 is 1.85 bits per heavy atom. The summed E-state index contributed by atoms with van der Waals surface area (Å²) in [7, 11) is 0. The Morgan fingerprint density at radius 3 is 2.42 bits per heavy atom. The zero-order chi connectivity index (χ0) is 23.4. The summed E-state index contributed by atoms with van der Waals surface area (Å²) in [5, 5.41) is 6.22. The second kappa shape index (κ2) is 9.35. The van der Waals surface area contributed by atoms with Crippen molar-refractivity contribution < 1.29 is 27.2 Å². The molecule has 0 aliphatic carbocycles. The van der Waals surface area contributed by atoms with Gasteiger partial charge >= 0.3 is 18.1 Å². The van der Waals surface area contributed by atoms with Crippen molar-refractivity contribution in [3.8, 4) is 17.1 Å². The quantitative estimate of drug-likeness (QED) is 0.614. The first-order chi connectivity index (χ1) is 15.8. The lowest BCUT2D eigenvalue weighted by molar-refractivity contribution is -0.159. The lowest BCUT2D eigenvalue weighted by Gasteiger charge is -2.35. The van der Waals surface area contributed by atoms with Crippen LogP contribution in [0.5, 0.6) is 5.75 Å². The molecule has 33 heavy (non-hydrogen) atoms. The first kappa shape index (κ1) is 22.4. The fraction of sp³-hybridized carbons (Fsp3) is 0.333. The van der Waals surface area contributed by atoms with E-state index in [4.69, 9.17) is 4.74 Å². The lowest BCUT2D eigenvalue weighted by atomic mass is 10.2. The molecule has 1 aliphatic heterocycles. The van der Waals surface area contributed by atoms with E-state index < -0.39 is 12.1 Å². The van der Waals surface area contributed by atoms with Gasteiger partial charge in [0.1, 0.15) is 11.6 Å². The van der Waals surface area contributed by atoms with Gasteiger partial charge in [0.05, 0.1) is 6.61 Å². The first-order valence-corrected chi connectivity index (χ1v) is 10.2. The third-order valence-corrected chi connectivity index (χ3v) is 4.98. The van der Waals surface area contributed by atoms with Crippen molar-refractivity contribution in [3.63, 3.8) is 0 Å². The van der Waals surface area contributed by atoms with Gasteiger partial charge in [-0.15, -0.1) is 0 Å². The fourth-order valence-electron chi connectivity index (χ4n) is 3.30. The van der Waals surface area contributed by atoms with Gasteiger partial charge in [0.15, 0.2) is 0 Å². The second-order valence-electron chi connectivity index (χ2n) is 7.19. The highest BCUT2D eigenvalue weighted by atomic mass is 19.4. The Kier molecular flexibility index (Phi) is 6.33. The van der Waals surface area contributed by atoms with Crippen molar-refractivity contribution in [1.82, 2.24) is 20.0 Å². The maximum Gasteiger partial charge on any atom is 0.471 e. The molecule has 1 aromatic carbocycles. The average molecular weight is 462 g/mol. The normalized spacial score (nSPS) is 14.3. The molecular weight excluding hydrogens is 441 g/mol. The summed E-state index contributed by atoms with van der Waals surface area (Å²) in [6, 6.07) is 10.2.